The monoisotopic (exact) mass is 798 g/mol. The highest BCUT2D eigenvalue weighted by Gasteiger charge is 2.54. The van der Waals surface area contributed by atoms with Gasteiger partial charge in [-0.05, 0) is 53.4 Å². The first-order valence-electron chi connectivity index (χ1n) is 18.0. The summed E-state index contributed by atoms with van der Waals surface area (Å²) in [4.78, 5) is 71.0. The van der Waals surface area contributed by atoms with Crippen LogP contribution in [0.15, 0.2) is 65.3 Å². The molecule has 2 fully saturated rings. The minimum absolute atomic E-state index is 0.00461. The van der Waals surface area contributed by atoms with Crippen molar-refractivity contribution in [1.29, 1.82) is 0 Å². The Balaban J connectivity index is 1.88. The van der Waals surface area contributed by atoms with Gasteiger partial charge in [-0.3, -0.25) is 20.0 Å². The van der Waals surface area contributed by atoms with E-state index in [-0.39, 0.29) is 69.5 Å². The van der Waals surface area contributed by atoms with E-state index in [4.69, 9.17) is 56.9 Å². The number of carbonyl (C=O) groups excluding carboxylic acids is 4. The molecule has 2 aliphatic carbocycles. The fourth-order valence-electron chi connectivity index (χ4n) is 6.23. The van der Waals surface area contributed by atoms with Gasteiger partial charge in [0.1, 0.15) is 22.3 Å². The second-order valence-electron chi connectivity index (χ2n) is 13.0. The number of nitrogens with zero attached hydrogens (tertiary/aromatic N) is 4. The Morgan fingerprint density at radius 2 is 0.691 bits per heavy atom. The molecule has 4 rings (SSSR count). The van der Waals surface area contributed by atoms with Crippen LogP contribution in [0.5, 0.6) is 0 Å². The molecule has 0 aromatic heterocycles. The van der Waals surface area contributed by atoms with E-state index in [1.807, 2.05) is 0 Å². The Bertz CT molecular complexity index is 1480. The molecule has 0 radical (unpaired) electrons. The summed E-state index contributed by atoms with van der Waals surface area (Å²) in [5, 5.41) is 0. The molecule has 0 aromatic rings. The molecule has 19 heteroatoms. The van der Waals surface area contributed by atoms with Crippen LogP contribution in [-0.2, 0) is 56.1 Å². The van der Waals surface area contributed by atoms with Crippen LogP contribution in [-0.4, -0.2) is 132 Å². The zero-order valence-corrected chi connectivity index (χ0v) is 34.8. The van der Waals surface area contributed by atoms with Gasteiger partial charge in [0.2, 0.25) is 0 Å². The van der Waals surface area contributed by atoms with Crippen molar-refractivity contribution in [3.05, 3.63) is 45.3 Å². The van der Waals surface area contributed by atoms with E-state index in [1.165, 1.54) is 81.0 Å². The molecule has 0 saturated heterocycles. The third-order valence-electron chi connectivity index (χ3n) is 9.42. The summed E-state index contributed by atoms with van der Waals surface area (Å²) < 4.78 is 51.6. The maximum atomic E-state index is 13.1. The van der Waals surface area contributed by atoms with Crippen molar-refractivity contribution < 1.29 is 56.1 Å². The number of carbonyl (C=O) groups is 4. The van der Waals surface area contributed by atoms with E-state index >= 15 is 0 Å². The van der Waals surface area contributed by atoms with Crippen molar-refractivity contribution in [2.75, 3.05) is 28.4 Å². The van der Waals surface area contributed by atoms with E-state index in [1.54, 1.807) is 0 Å². The largest absolute Gasteiger partial charge is 1.07 e. The summed E-state index contributed by atoms with van der Waals surface area (Å²) in [6.07, 6.45) is 12.0. The average Bonchev–Trinajstić information content (AvgIpc) is 3.19. The van der Waals surface area contributed by atoms with Gasteiger partial charge in [-0.25, -0.2) is 19.2 Å². The summed E-state index contributed by atoms with van der Waals surface area (Å²) >= 11 is -7.32. The number of methoxy groups -OCH3 is 4. The molecule has 4 atom stereocenters. The van der Waals surface area contributed by atoms with Crippen molar-refractivity contribution in [3.8, 4) is 0 Å². The van der Waals surface area contributed by atoms with Gasteiger partial charge in [-0.1, -0.05) is 25.7 Å². The number of aliphatic imine (C=N–C) groups is 4. The number of rotatable bonds is 6. The number of fused-ring (bicyclic) bond motifs is 2. The summed E-state index contributed by atoms with van der Waals surface area (Å²) in [6.45, 7) is 6.06. The Morgan fingerprint density at radius 3 is 0.891 bits per heavy atom. The maximum Gasteiger partial charge on any atom is 1.07 e. The van der Waals surface area contributed by atoms with Gasteiger partial charge in [-0.15, -0.1) is 0 Å². The highest BCUT2D eigenvalue weighted by Crippen LogP contribution is 2.27. The van der Waals surface area contributed by atoms with Crippen LogP contribution < -0.4 is 0 Å². The highest BCUT2D eigenvalue weighted by molar-refractivity contribution is 6.53. The van der Waals surface area contributed by atoms with Crippen LogP contribution in [0.1, 0.15) is 79.1 Å². The topological polar surface area (TPSA) is 201 Å². The first-order valence-corrected chi connectivity index (χ1v) is 20.8. The SMILES string of the molecule is COC(=O)/C1=C(\C)[O][Al]([O][Al]2[O]/C(C)=C(/C(=O)OC)C=N[C@@H]3CCCC[C@H]3N=C/C(C(=O)OC)=C(/C)[O]2)[O]/C(C)=C(/C(=O)OC)C=N[C@@H]2CCCC[C@H]2N=C1. The number of allylic oxidation sites excluding steroid dienone is 4. The Kier molecular flexibility index (Phi) is 16.7. The van der Waals surface area contributed by atoms with Crippen molar-refractivity contribution in [1.82, 2.24) is 0 Å². The molecule has 0 amide bonds. The predicted molar refractivity (Wildman–Crippen MR) is 202 cm³/mol. The molecule has 0 unspecified atom stereocenters. The molecule has 0 bridgehead atoms. The van der Waals surface area contributed by atoms with E-state index in [0.29, 0.717) is 25.7 Å². The molecular formula is C36H48Al2N4O13. The fraction of sp³-hybridized carbons (Fsp3) is 0.556. The fourth-order valence-corrected chi connectivity index (χ4v) is 9.60. The molecule has 0 aromatic carbocycles. The second kappa shape index (κ2) is 21.2. The Hall–Kier alpha value is -4.26. The van der Waals surface area contributed by atoms with Crippen LogP contribution >= 0.6 is 0 Å². The molecular weight excluding hydrogens is 750 g/mol. The van der Waals surface area contributed by atoms with Crippen molar-refractivity contribution in [2.45, 2.75) is 103 Å². The lowest BCUT2D eigenvalue weighted by molar-refractivity contribution is -0.136. The summed E-state index contributed by atoms with van der Waals surface area (Å²) in [5.41, 5.74) is -0.0185. The molecule has 4 aliphatic rings. The lowest BCUT2D eigenvalue weighted by atomic mass is 9.91. The Labute approximate surface area is 331 Å². The molecule has 17 nitrogen and oxygen atoms in total. The Morgan fingerprint density at radius 1 is 0.473 bits per heavy atom. The van der Waals surface area contributed by atoms with Gasteiger partial charge < -0.3 is 36.9 Å². The number of hydrogen-bond donors (Lipinski definition) is 0. The van der Waals surface area contributed by atoms with Crippen LogP contribution in [0.25, 0.3) is 0 Å². The zero-order chi connectivity index (χ0) is 40.1. The van der Waals surface area contributed by atoms with Crippen molar-refractivity contribution in [3.63, 3.8) is 0 Å². The first kappa shape index (κ1) is 43.5. The van der Waals surface area contributed by atoms with Crippen LogP contribution in [0.4, 0.5) is 0 Å². The van der Waals surface area contributed by atoms with Gasteiger partial charge >= 0.3 is 54.2 Å². The summed E-state index contributed by atoms with van der Waals surface area (Å²) in [7, 11) is 4.92. The van der Waals surface area contributed by atoms with E-state index < -0.39 is 54.2 Å². The lowest BCUT2D eigenvalue weighted by Crippen LogP contribution is -2.39. The normalized spacial score (nSPS) is 29.3. The predicted octanol–water partition coefficient (Wildman–Crippen LogP) is 3.76. The van der Waals surface area contributed by atoms with Gasteiger partial charge in [0.15, 0.2) is 0 Å². The quantitative estimate of drug-likeness (QED) is 0.214. The second-order valence-corrected chi connectivity index (χ2v) is 16.2. The molecule has 2 saturated carbocycles. The minimum Gasteiger partial charge on any atom is -0.592 e. The number of ether oxygens (including phenoxy) is 4. The van der Waals surface area contributed by atoms with Gasteiger partial charge in [0, 0.05) is 24.9 Å². The van der Waals surface area contributed by atoms with Crippen molar-refractivity contribution >= 4 is 79.0 Å². The summed E-state index contributed by atoms with van der Waals surface area (Å²) in [5.74, 6) is -2.74. The molecule has 296 valence electrons. The molecule has 2 aliphatic heterocycles. The third-order valence-corrected chi connectivity index (χ3v) is 13.4. The van der Waals surface area contributed by atoms with Crippen LogP contribution in [0.2, 0.25) is 0 Å². The van der Waals surface area contributed by atoms with E-state index in [0.717, 1.165) is 25.7 Å². The lowest BCUT2D eigenvalue weighted by Gasteiger charge is -2.25. The molecule has 0 N–H and O–H groups in total. The van der Waals surface area contributed by atoms with E-state index in [2.05, 4.69) is 0 Å². The molecule has 0 spiro atoms. The molecule has 55 heavy (non-hydrogen) atoms. The van der Waals surface area contributed by atoms with E-state index in [9.17, 15) is 19.2 Å². The average molecular weight is 799 g/mol. The van der Waals surface area contributed by atoms with Crippen LogP contribution in [0, 0.1) is 0 Å². The van der Waals surface area contributed by atoms with Gasteiger partial charge in [-0.2, -0.15) is 0 Å². The van der Waals surface area contributed by atoms with Crippen LogP contribution in [0.3, 0.4) is 0 Å². The van der Waals surface area contributed by atoms with Gasteiger partial charge in [0.05, 0.1) is 75.6 Å². The zero-order valence-electron chi connectivity index (χ0n) is 32.5. The van der Waals surface area contributed by atoms with Crippen molar-refractivity contribution in [2.24, 2.45) is 20.0 Å². The maximum absolute atomic E-state index is 13.1. The number of esters is 4. The standard InChI is InChI=1S/2C18H26N2O6.2Al.O/c2*1-11(21)13(17(23)25-3)9-19-15-7-5-6-8-16(15)20-10-14(12(2)22)18(24)26-4;;;/h2*9-10,15-16,21-22H,5-8H2,1-4H3;;;/q;;2*+2;/p-4/b2*13-11+,14-12+,19-9?,20-10?;;;/t2*15-,16-;;;/m11.../s1. The summed E-state index contributed by atoms with van der Waals surface area (Å²) in [6, 6.07) is -1.15. The minimum atomic E-state index is -3.66. The first-order chi connectivity index (χ1) is 26.4. The number of hydrogen-bond acceptors (Lipinski definition) is 17. The molecule has 2 heterocycles. The third kappa shape index (κ3) is 11.9. The highest BCUT2D eigenvalue weighted by atomic mass is 27.3. The smallest absolute Gasteiger partial charge is 0.592 e. The van der Waals surface area contributed by atoms with Gasteiger partial charge in [0.25, 0.3) is 0 Å².